The fraction of sp³-hybridized carbons (Fsp3) is 0.333. The van der Waals surface area contributed by atoms with Crippen LogP contribution in [0.3, 0.4) is 0 Å². The number of nitrogens with zero attached hydrogens (tertiary/aromatic N) is 1. The number of hydrogen-bond donors (Lipinski definition) is 1. The Balaban J connectivity index is 1.88. The normalized spacial score (nSPS) is 10.5. The number of hydrogen-bond acceptors (Lipinski definition) is 3. The van der Waals surface area contributed by atoms with Gasteiger partial charge in [0.25, 0.3) is 0 Å². The molecule has 2 amide bonds. The smallest absolute Gasteiger partial charge is 0.233 e. The summed E-state index contributed by atoms with van der Waals surface area (Å²) >= 11 is 0. The first-order valence-corrected chi connectivity index (χ1v) is 8.86. The maximum absolute atomic E-state index is 12.4. The zero-order valence-corrected chi connectivity index (χ0v) is 15.6. The first-order valence-electron chi connectivity index (χ1n) is 8.86. The third-order valence-electron chi connectivity index (χ3n) is 3.77. The number of ether oxygens (including phenoxy) is 1. The van der Waals surface area contributed by atoms with Gasteiger partial charge >= 0.3 is 0 Å². The van der Waals surface area contributed by atoms with Crippen LogP contribution >= 0.6 is 0 Å². The van der Waals surface area contributed by atoms with Crippen molar-refractivity contribution >= 4 is 17.5 Å². The molecule has 1 N–H and O–H groups in total. The second kappa shape index (κ2) is 9.61. The Morgan fingerprint density at radius 2 is 1.69 bits per heavy atom. The molecule has 0 radical (unpaired) electrons. The average Bonchev–Trinajstić information content (AvgIpc) is 2.61. The largest absolute Gasteiger partial charge is 0.491 e. The molecule has 0 unspecified atom stereocenters. The Labute approximate surface area is 155 Å². The van der Waals surface area contributed by atoms with E-state index in [1.54, 1.807) is 29.2 Å². The quantitative estimate of drug-likeness (QED) is 0.733. The Kier molecular flexibility index (Phi) is 7.21. The van der Waals surface area contributed by atoms with E-state index in [1.807, 2.05) is 51.1 Å². The molecule has 2 aromatic carbocycles. The first kappa shape index (κ1) is 19.5. The third-order valence-corrected chi connectivity index (χ3v) is 3.77. The molecule has 0 spiro atoms. The van der Waals surface area contributed by atoms with Crippen LogP contribution in [0.15, 0.2) is 54.6 Å². The highest BCUT2D eigenvalue weighted by atomic mass is 16.5. The summed E-state index contributed by atoms with van der Waals surface area (Å²) in [5, 5.41) is 2.75. The van der Waals surface area contributed by atoms with Gasteiger partial charge < -0.3 is 15.0 Å². The highest BCUT2D eigenvalue weighted by Crippen LogP contribution is 2.17. The number of nitrogens with one attached hydrogen (secondary N) is 1. The van der Waals surface area contributed by atoms with Gasteiger partial charge in [-0.1, -0.05) is 30.3 Å². The van der Waals surface area contributed by atoms with Crippen LogP contribution in [-0.4, -0.2) is 29.4 Å². The molecule has 0 bridgehead atoms. The summed E-state index contributed by atoms with van der Waals surface area (Å²) in [6.45, 7) is 6.88. The Morgan fingerprint density at radius 3 is 2.27 bits per heavy atom. The zero-order valence-electron chi connectivity index (χ0n) is 15.6. The maximum Gasteiger partial charge on any atom is 0.233 e. The second-order valence-corrected chi connectivity index (χ2v) is 6.31. The summed E-state index contributed by atoms with van der Waals surface area (Å²) in [6, 6.07) is 16.9. The highest BCUT2D eigenvalue weighted by molar-refractivity contribution is 6.03. The molecule has 138 valence electrons. The summed E-state index contributed by atoms with van der Waals surface area (Å²) in [6.07, 6.45) is -0.0806. The van der Waals surface area contributed by atoms with E-state index in [1.165, 1.54) is 0 Å². The lowest BCUT2D eigenvalue weighted by atomic mass is 10.2. The van der Waals surface area contributed by atoms with Crippen molar-refractivity contribution in [2.75, 3.05) is 11.9 Å². The van der Waals surface area contributed by atoms with E-state index < -0.39 is 0 Å². The van der Waals surface area contributed by atoms with Crippen LogP contribution in [0.25, 0.3) is 0 Å². The van der Waals surface area contributed by atoms with Gasteiger partial charge in [-0.3, -0.25) is 9.59 Å². The number of rotatable bonds is 8. The molecule has 5 heteroatoms. The van der Waals surface area contributed by atoms with Gasteiger partial charge in [-0.05, 0) is 50.6 Å². The lowest BCUT2D eigenvalue weighted by Gasteiger charge is -2.21. The zero-order chi connectivity index (χ0) is 18.9. The summed E-state index contributed by atoms with van der Waals surface area (Å²) in [7, 11) is 0. The predicted octanol–water partition coefficient (Wildman–Crippen LogP) is 3.85. The van der Waals surface area contributed by atoms with Gasteiger partial charge in [-0.25, -0.2) is 0 Å². The number of carbonyl (C=O) groups excluding carboxylic acids is 2. The van der Waals surface area contributed by atoms with Crippen LogP contribution < -0.4 is 10.1 Å². The maximum atomic E-state index is 12.4. The molecule has 0 saturated carbocycles. The first-order chi connectivity index (χ1) is 12.5. The topological polar surface area (TPSA) is 58.6 Å². The van der Waals surface area contributed by atoms with Gasteiger partial charge in [0.2, 0.25) is 11.8 Å². The average molecular weight is 354 g/mol. The summed E-state index contributed by atoms with van der Waals surface area (Å²) in [4.78, 5) is 26.2. The molecule has 5 nitrogen and oxygen atoms in total. The lowest BCUT2D eigenvalue weighted by molar-refractivity contribution is -0.134. The molecule has 26 heavy (non-hydrogen) atoms. The summed E-state index contributed by atoms with van der Waals surface area (Å²) in [5.74, 6) is 0.238. The molecule has 0 heterocycles. The molecular formula is C21H26N2O3. The fourth-order valence-corrected chi connectivity index (χ4v) is 2.52. The molecule has 0 aliphatic rings. The summed E-state index contributed by atoms with van der Waals surface area (Å²) in [5.41, 5.74) is 1.69. The van der Waals surface area contributed by atoms with Crippen molar-refractivity contribution in [3.63, 3.8) is 0 Å². The van der Waals surface area contributed by atoms with Crippen LogP contribution in [0.4, 0.5) is 5.69 Å². The molecule has 0 aliphatic carbocycles. The van der Waals surface area contributed by atoms with E-state index in [9.17, 15) is 9.59 Å². The van der Waals surface area contributed by atoms with Gasteiger partial charge in [-0.15, -0.1) is 0 Å². The van der Waals surface area contributed by atoms with E-state index in [2.05, 4.69) is 5.32 Å². The second-order valence-electron chi connectivity index (χ2n) is 6.31. The van der Waals surface area contributed by atoms with Gasteiger partial charge in [0.05, 0.1) is 6.10 Å². The van der Waals surface area contributed by atoms with E-state index in [-0.39, 0.29) is 24.3 Å². The van der Waals surface area contributed by atoms with Crippen molar-refractivity contribution in [1.29, 1.82) is 0 Å². The minimum atomic E-state index is -0.320. The SMILES string of the molecule is CCN(Cc1ccccc1)C(=O)CC(=O)Nc1ccc(OC(C)C)cc1. The minimum absolute atomic E-state index is 0.0951. The molecule has 0 fully saturated rings. The van der Waals surface area contributed by atoms with Crippen molar-refractivity contribution in [3.8, 4) is 5.75 Å². The van der Waals surface area contributed by atoms with Gasteiger partial charge in [0.1, 0.15) is 12.2 Å². The standard InChI is InChI=1S/C21H26N2O3/c1-4-23(15-17-8-6-5-7-9-17)21(25)14-20(24)22-18-10-12-19(13-11-18)26-16(2)3/h5-13,16H,4,14-15H2,1-3H3,(H,22,24). The van der Waals surface area contributed by atoms with Gasteiger partial charge in [0, 0.05) is 18.8 Å². The Morgan fingerprint density at radius 1 is 1.04 bits per heavy atom. The Bertz CT molecular complexity index is 712. The van der Waals surface area contributed by atoms with E-state index in [0.29, 0.717) is 18.8 Å². The fourth-order valence-electron chi connectivity index (χ4n) is 2.52. The van der Waals surface area contributed by atoms with Crippen molar-refractivity contribution in [2.24, 2.45) is 0 Å². The van der Waals surface area contributed by atoms with Crippen LogP contribution in [-0.2, 0) is 16.1 Å². The molecule has 0 atom stereocenters. The van der Waals surface area contributed by atoms with Gasteiger partial charge in [0.15, 0.2) is 0 Å². The molecular weight excluding hydrogens is 328 g/mol. The van der Waals surface area contributed by atoms with E-state index in [4.69, 9.17) is 4.74 Å². The number of amides is 2. The van der Waals surface area contributed by atoms with Gasteiger partial charge in [-0.2, -0.15) is 0 Å². The molecule has 0 aromatic heterocycles. The number of anilines is 1. The van der Waals surface area contributed by atoms with Crippen molar-refractivity contribution in [3.05, 3.63) is 60.2 Å². The number of carbonyl (C=O) groups is 2. The minimum Gasteiger partial charge on any atom is -0.491 e. The lowest BCUT2D eigenvalue weighted by Crippen LogP contribution is -2.33. The number of benzene rings is 2. The van der Waals surface area contributed by atoms with Crippen molar-refractivity contribution in [2.45, 2.75) is 39.8 Å². The van der Waals surface area contributed by atoms with Crippen LogP contribution in [0.2, 0.25) is 0 Å². The van der Waals surface area contributed by atoms with E-state index >= 15 is 0 Å². The van der Waals surface area contributed by atoms with E-state index in [0.717, 1.165) is 11.3 Å². The predicted molar refractivity (Wildman–Crippen MR) is 103 cm³/mol. The van der Waals surface area contributed by atoms with Crippen molar-refractivity contribution in [1.82, 2.24) is 4.90 Å². The molecule has 0 aliphatic heterocycles. The molecule has 2 aromatic rings. The third kappa shape index (κ3) is 6.24. The summed E-state index contributed by atoms with van der Waals surface area (Å²) < 4.78 is 5.57. The van der Waals surface area contributed by atoms with Crippen LogP contribution in [0, 0.1) is 0 Å². The Hall–Kier alpha value is -2.82. The molecule has 0 saturated heterocycles. The highest BCUT2D eigenvalue weighted by Gasteiger charge is 2.16. The van der Waals surface area contributed by atoms with Crippen molar-refractivity contribution < 1.29 is 14.3 Å². The monoisotopic (exact) mass is 354 g/mol. The van der Waals surface area contributed by atoms with Crippen LogP contribution in [0.1, 0.15) is 32.8 Å². The molecule has 2 rings (SSSR count). The van der Waals surface area contributed by atoms with Crippen LogP contribution in [0.5, 0.6) is 5.75 Å².